The Labute approximate surface area is 800 Å². The fraction of sp³-hybridized carbons (Fsp3) is 0.219. The number of carbonyl (C=O) groups is 5. The summed E-state index contributed by atoms with van der Waals surface area (Å²) < 4.78 is 113. The zero-order valence-electron chi connectivity index (χ0n) is 62.8. The van der Waals surface area contributed by atoms with Crippen LogP contribution in [0.15, 0.2) is 136 Å². The minimum atomic E-state index is -4.81. The standard InChI is InChI=1S/2C13H13Br2ClN3O5P.C13H13Br2FN3O5P.C12H11Br2ClN3O5P.C12H11Br2FN3O5P.CH4/c3*1-6-3-4-9(8(16)5-6)17-13(20)11-10(14)12(15)18-19(11)7(2)24-25(21,22)23;2*1-6-2-3-8(7(15)4-6)16-12(19)10-9(13)11(14)17-18(10)5-23-24(20,21)22;/h3*3-5,7H,1-2H3,(H,17,20)(H2,21,22,23);2*2-4H,5H2,1H3,(H,16,19)(H2,20,21,22);1H4. The number of benzene rings is 5. The second-order valence-corrected chi connectivity index (χ2v) is 39.4. The summed E-state index contributed by atoms with van der Waals surface area (Å²) in [5.41, 5.74) is 5.05. The van der Waals surface area contributed by atoms with E-state index in [9.17, 15) is 55.6 Å². The molecule has 0 radical (unpaired) electrons. The van der Waals surface area contributed by atoms with Gasteiger partial charge in [0, 0.05) is 0 Å². The van der Waals surface area contributed by atoms with Crippen molar-refractivity contribution in [3.05, 3.63) is 219 Å². The van der Waals surface area contributed by atoms with Gasteiger partial charge in [0.2, 0.25) is 0 Å². The Morgan fingerprint density at radius 3 is 0.774 bits per heavy atom. The maximum Gasteiger partial charge on any atom is 0.471 e. The Morgan fingerprint density at radius 1 is 0.355 bits per heavy atom. The fourth-order valence-electron chi connectivity index (χ4n) is 9.51. The van der Waals surface area contributed by atoms with Crippen LogP contribution in [0, 0.1) is 46.3 Å². The number of aromatic nitrogens is 10. The van der Waals surface area contributed by atoms with Crippen LogP contribution in [-0.2, 0) is 58.9 Å². The van der Waals surface area contributed by atoms with Crippen LogP contribution in [0.5, 0.6) is 0 Å². The molecule has 0 spiro atoms. The highest BCUT2D eigenvalue weighted by atomic mass is 79.9. The van der Waals surface area contributed by atoms with E-state index >= 15 is 0 Å². The summed E-state index contributed by atoms with van der Waals surface area (Å²) in [7, 11) is -23.8. The number of phosphoric acid groups is 5. The van der Waals surface area contributed by atoms with E-state index in [1.54, 1.807) is 80.6 Å². The Kier molecular flexibility index (Phi) is 41.8. The van der Waals surface area contributed by atoms with Crippen molar-refractivity contribution in [3.8, 4) is 0 Å². The number of anilines is 5. The van der Waals surface area contributed by atoms with E-state index < -0.39 is 112 Å². The molecule has 0 aliphatic heterocycles. The molecule has 15 N–H and O–H groups in total. The molecule has 0 fully saturated rings. The summed E-state index contributed by atoms with van der Waals surface area (Å²) in [5.74, 6) is -4.47. The molecule has 3 atom stereocenters. The molecule has 5 amide bonds. The first-order valence-corrected chi connectivity index (χ1v) is 49.5. The van der Waals surface area contributed by atoms with Crippen LogP contribution < -0.4 is 26.6 Å². The molecule has 0 aliphatic carbocycles. The summed E-state index contributed by atoms with van der Waals surface area (Å²) in [5, 5.41) is 33.5. The van der Waals surface area contributed by atoms with Gasteiger partial charge in [0.25, 0.3) is 29.5 Å². The first-order valence-electron chi connectivity index (χ1n) is 32.8. The number of halogens is 15. The van der Waals surface area contributed by atoms with Crippen LogP contribution in [0.1, 0.15) is 127 Å². The number of nitrogens with one attached hydrogen (secondary N) is 5. The van der Waals surface area contributed by atoms with Crippen molar-refractivity contribution in [1.29, 1.82) is 0 Å². The summed E-state index contributed by atoms with van der Waals surface area (Å²) in [4.78, 5) is 151. The zero-order valence-corrected chi connectivity index (χ0v) is 85.4. The molecular weight excluding hydrogens is 2480 g/mol. The Bertz CT molecular complexity index is 5440. The predicted octanol–water partition coefficient (Wildman–Crippen LogP) is 19.7. The smallest absolute Gasteiger partial charge is 0.319 e. The number of carbonyl (C=O) groups excluding carboxylic acids is 5. The molecule has 0 aliphatic rings. The minimum absolute atomic E-state index is 0. The summed E-state index contributed by atoms with van der Waals surface area (Å²) in [6.45, 7) is 11.7. The van der Waals surface area contributed by atoms with Gasteiger partial charge in [-0.1, -0.05) is 72.6 Å². The number of nitrogens with zero attached hydrogens (tertiary/aromatic N) is 10. The van der Waals surface area contributed by atoms with Crippen LogP contribution in [0.25, 0.3) is 0 Å². The van der Waals surface area contributed by atoms with E-state index in [0.29, 0.717) is 56.7 Å². The maximum atomic E-state index is 13.9. The molecule has 0 saturated carbocycles. The van der Waals surface area contributed by atoms with Gasteiger partial charge in [-0.25, -0.2) is 55.0 Å². The lowest BCUT2D eigenvalue weighted by Crippen LogP contribution is -2.22. The highest BCUT2D eigenvalue weighted by molar-refractivity contribution is 9.14. The van der Waals surface area contributed by atoms with Crippen LogP contribution in [0.2, 0.25) is 15.1 Å². The molecule has 3 unspecified atom stereocenters. The van der Waals surface area contributed by atoms with E-state index in [2.05, 4.69) is 234 Å². The van der Waals surface area contributed by atoms with E-state index in [1.807, 2.05) is 20.8 Å². The van der Waals surface area contributed by atoms with Crippen LogP contribution in [-0.4, -0.2) is 127 Å². The van der Waals surface area contributed by atoms with Crippen molar-refractivity contribution in [2.75, 3.05) is 26.6 Å². The molecule has 5 aromatic heterocycles. The molecule has 0 bridgehead atoms. The molecule has 10 aromatic rings. The first kappa shape index (κ1) is 110. The quantitative estimate of drug-likeness (QED) is 0.0236. The number of hydrogen-bond acceptors (Lipinski definition) is 20. The lowest BCUT2D eigenvalue weighted by atomic mass is 10.2. The van der Waals surface area contributed by atoms with Gasteiger partial charge in [0.1, 0.15) is 63.1 Å². The zero-order chi connectivity index (χ0) is 93.0. The van der Waals surface area contributed by atoms with Crippen molar-refractivity contribution in [2.45, 2.75) is 95.0 Å². The van der Waals surface area contributed by atoms with Crippen molar-refractivity contribution in [3.63, 3.8) is 0 Å². The predicted molar refractivity (Wildman–Crippen MR) is 485 cm³/mol. The van der Waals surface area contributed by atoms with Gasteiger partial charge in [-0.05, 0) is 303 Å². The molecule has 10 rings (SSSR count). The lowest BCUT2D eigenvalue weighted by molar-refractivity contribution is 0.0799. The van der Waals surface area contributed by atoms with Crippen molar-refractivity contribution in [1.82, 2.24) is 48.9 Å². The van der Waals surface area contributed by atoms with E-state index in [4.69, 9.17) is 83.7 Å². The van der Waals surface area contributed by atoms with Gasteiger partial charge in [-0.15, -0.1) is 0 Å². The third-order valence-corrected chi connectivity index (χ3v) is 27.5. The molecule has 40 nitrogen and oxygen atoms in total. The third-order valence-electron chi connectivity index (χ3n) is 14.7. The fourth-order valence-corrected chi connectivity index (χ4v) is 16.4. The summed E-state index contributed by atoms with van der Waals surface area (Å²) in [6, 6.07) is 23.9. The van der Waals surface area contributed by atoms with Crippen molar-refractivity contribution in [2.24, 2.45) is 0 Å². The average Bonchev–Trinajstić information content (AvgIpc) is 1.67. The number of amides is 5. The van der Waals surface area contributed by atoms with Crippen LogP contribution in [0.4, 0.5) is 37.2 Å². The van der Waals surface area contributed by atoms with Gasteiger partial charge < -0.3 is 75.5 Å². The van der Waals surface area contributed by atoms with Crippen molar-refractivity contribution < 1.29 is 127 Å². The Morgan fingerprint density at radius 2 is 0.556 bits per heavy atom. The van der Waals surface area contributed by atoms with Gasteiger partial charge >= 0.3 is 39.1 Å². The third kappa shape index (κ3) is 33.1. The minimum Gasteiger partial charge on any atom is -0.319 e. The largest absolute Gasteiger partial charge is 0.471 e. The highest BCUT2D eigenvalue weighted by Gasteiger charge is 2.34. The molecule has 0 saturated heterocycles. The topological polar surface area (TPSA) is 568 Å². The van der Waals surface area contributed by atoms with Gasteiger partial charge in [0.15, 0.2) is 32.1 Å². The van der Waals surface area contributed by atoms with Gasteiger partial charge in [0.05, 0.1) is 65.9 Å². The Balaban J connectivity index is 0.000000275. The van der Waals surface area contributed by atoms with Crippen molar-refractivity contribution >= 4 is 291 Å². The van der Waals surface area contributed by atoms with E-state index in [1.165, 1.54) is 45.0 Å². The lowest BCUT2D eigenvalue weighted by Gasteiger charge is -2.17. The Hall–Kier alpha value is -4.42. The van der Waals surface area contributed by atoms with E-state index in [0.717, 1.165) is 40.1 Å². The molecule has 124 heavy (non-hydrogen) atoms. The van der Waals surface area contributed by atoms with Crippen LogP contribution in [0.3, 0.4) is 0 Å². The molecule has 676 valence electrons. The molecular formula is C64H65Br10Cl3F2N15O25P5. The SMILES string of the molecule is C.Cc1ccc(NC(=O)c2c(Br)c(Br)nn2C(C)OP(=O)(O)O)c(Cl)c1.Cc1ccc(NC(=O)c2c(Br)c(Br)nn2C(C)OP(=O)(O)O)c(Cl)c1.Cc1ccc(NC(=O)c2c(Br)c(Br)nn2C(C)OP(=O)(O)O)c(F)c1.Cc1ccc(NC(=O)c2c(Br)c(Br)nn2COP(=O)(O)O)c(Cl)c1.Cc1ccc(NC(=O)c2c(Br)c(Br)nn2COP(=O)(O)O)c(F)c1. The number of hydrogen-bond donors (Lipinski definition) is 15. The first-order chi connectivity index (χ1) is 56.6. The molecule has 5 heterocycles. The second kappa shape index (κ2) is 47.1. The maximum absolute atomic E-state index is 13.9. The number of phosphoric ester groups is 5. The van der Waals surface area contributed by atoms with Gasteiger partial charge in [-0.2, -0.15) is 25.5 Å². The van der Waals surface area contributed by atoms with E-state index in [-0.39, 0.29) is 79.2 Å². The normalized spacial score (nSPS) is 12.3. The second-order valence-electron chi connectivity index (χ2n) is 24.4. The molecule has 5 aromatic carbocycles. The molecule has 60 heteroatoms. The average molecular weight is 2540 g/mol. The summed E-state index contributed by atoms with van der Waals surface area (Å²) in [6.07, 6.45) is -3.65. The van der Waals surface area contributed by atoms with Gasteiger partial charge in [-0.3, -0.25) is 46.6 Å². The summed E-state index contributed by atoms with van der Waals surface area (Å²) >= 11 is 49.9. The number of aryl methyl sites for hydroxylation is 5. The monoisotopic (exact) mass is 2530 g/mol. The van der Waals surface area contributed by atoms with Crippen LogP contribution >= 0.6 is 233 Å². The highest BCUT2D eigenvalue weighted by Crippen LogP contribution is 2.46. The number of rotatable bonds is 25.